The average Bonchev–Trinajstić information content (AvgIpc) is 2.73. The van der Waals surface area contributed by atoms with E-state index in [2.05, 4.69) is 0 Å². The lowest BCUT2D eigenvalue weighted by molar-refractivity contribution is -0.143. The van der Waals surface area contributed by atoms with Crippen molar-refractivity contribution in [2.75, 3.05) is 18.8 Å². The number of carboxylic acid groups (broad SMARTS) is 1. The topological polar surface area (TPSA) is 40.5 Å². The summed E-state index contributed by atoms with van der Waals surface area (Å²) in [5.74, 6) is 0.0797. The van der Waals surface area contributed by atoms with Crippen molar-refractivity contribution in [1.29, 1.82) is 0 Å². The van der Waals surface area contributed by atoms with Gasteiger partial charge in [-0.1, -0.05) is 6.92 Å². The van der Waals surface area contributed by atoms with E-state index in [-0.39, 0.29) is 17.8 Å². The van der Waals surface area contributed by atoms with Crippen LogP contribution in [0.4, 0.5) is 4.39 Å². The number of rotatable bonds is 5. The van der Waals surface area contributed by atoms with Gasteiger partial charge in [0.15, 0.2) is 0 Å². The second-order valence-corrected chi connectivity index (χ2v) is 6.06. The number of thioether (sulfide) groups is 1. The number of likely N-dealkylation sites (tertiary alicyclic amines) is 1. The Bertz CT molecular complexity index is 438. The number of halogens is 1. The first-order chi connectivity index (χ1) is 9.08. The van der Waals surface area contributed by atoms with Crippen molar-refractivity contribution in [3.05, 3.63) is 30.1 Å². The van der Waals surface area contributed by atoms with Crippen LogP contribution < -0.4 is 0 Å². The molecular formula is C14H18FNO2S. The molecule has 2 unspecified atom stereocenters. The Balaban J connectivity index is 1.82. The zero-order chi connectivity index (χ0) is 13.8. The van der Waals surface area contributed by atoms with E-state index in [9.17, 15) is 14.3 Å². The Morgan fingerprint density at radius 1 is 1.47 bits per heavy atom. The van der Waals surface area contributed by atoms with Crippen molar-refractivity contribution in [3.63, 3.8) is 0 Å². The molecule has 0 spiro atoms. The van der Waals surface area contributed by atoms with Crippen molar-refractivity contribution in [1.82, 2.24) is 4.90 Å². The molecule has 3 nitrogen and oxygen atoms in total. The van der Waals surface area contributed by atoms with Gasteiger partial charge in [-0.05, 0) is 43.1 Å². The predicted octanol–water partition coefficient (Wildman–Crippen LogP) is 2.71. The van der Waals surface area contributed by atoms with Gasteiger partial charge >= 0.3 is 5.97 Å². The van der Waals surface area contributed by atoms with E-state index >= 15 is 0 Å². The molecule has 19 heavy (non-hydrogen) atoms. The predicted molar refractivity (Wildman–Crippen MR) is 73.9 cm³/mol. The second-order valence-electron chi connectivity index (χ2n) is 4.89. The summed E-state index contributed by atoms with van der Waals surface area (Å²) in [5, 5.41) is 9.21. The van der Waals surface area contributed by atoms with Crippen molar-refractivity contribution < 1.29 is 14.3 Å². The summed E-state index contributed by atoms with van der Waals surface area (Å²) in [6.07, 6.45) is 0.943. The summed E-state index contributed by atoms with van der Waals surface area (Å²) in [6.45, 7) is 3.59. The van der Waals surface area contributed by atoms with Crippen LogP contribution in [0.25, 0.3) is 0 Å². The summed E-state index contributed by atoms with van der Waals surface area (Å²) in [5.41, 5.74) is 0. The molecular weight excluding hydrogens is 265 g/mol. The van der Waals surface area contributed by atoms with Crippen LogP contribution >= 0.6 is 11.8 Å². The molecule has 0 bridgehead atoms. The van der Waals surface area contributed by atoms with Gasteiger partial charge in [0.25, 0.3) is 0 Å². The van der Waals surface area contributed by atoms with Crippen LogP contribution in [-0.2, 0) is 4.79 Å². The maximum absolute atomic E-state index is 12.8. The van der Waals surface area contributed by atoms with Gasteiger partial charge in [0.1, 0.15) is 11.9 Å². The Kier molecular flexibility index (Phi) is 4.82. The molecule has 1 aliphatic heterocycles. The maximum atomic E-state index is 12.8. The molecule has 0 aromatic heterocycles. The number of aliphatic carboxylic acids is 1. The molecule has 1 saturated heterocycles. The summed E-state index contributed by atoms with van der Waals surface area (Å²) < 4.78 is 12.8. The first-order valence-corrected chi connectivity index (χ1v) is 7.41. The minimum atomic E-state index is -0.725. The lowest BCUT2D eigenvalue weighted by atomic mass is 10.0. The fourth-order valence-electron chi connectivity index (χ4n) is 2.49. The smallest absolute Gasteiger partial charge is 0.321 e. The molecule has 1 heterocycles. The normalized spacial score (nSPS) is 23.7. The first kappa shape index (κ1) is 14.3. The highest BCUT2D eigenvalue weighted by molar-refractivity contribution is 7.99. The molecule has 0 amide bonds. The lowest BCUT2D eigenvalue weighted by Crippen LogP contribution is -2.40. The van der Waals surface area contributed by atoms with Gasteiger partial charge in [0.2, 0.25) is 0 Å². The Morgan fingerprint density at radius 2 is 2.16 bits per heavy atom. The summed E-state index contributed by atoms with van der Waals surface area (Å²) in [7, 11) is 0. The molecule has 104 valence electrons. The number of hydrogen-bond acceptors (Lipinski definition) is 3. The van der Waals surface area contributed by atoms with Crippen LogP contribution in [0.3, 0.4) is 0 Å². The zero-order valence-electron chi connectivity index (χ0n) is 10.9. The third-order valence-corrected chi connectivity index (χ3v) is 4.51. The SMILES string of the molecule is CC1CCN(CCSc2ccc(F)cc2)C1C(=O)O. The van der Waals surface area contributed by atoms with Gasteiger partial charge in [-0.25, -0.2) is 4.39 Å². The third kappa shape index (κ3) is 3.70. The molecule has 2 atom stereocenters. The highest BCUT2D eigenvalue weighted by Crippen LogP contribution is 2.25. The van der Waals surface area contributed by atoms with E-state index in [0.29, 0.717) is 0 Å². The van der Waals surface area contributed by atoms with Gasteiger partial charge in [0, 0.05) is 17.2 Å². The number of carbonyl (C=O) groups is 1. The third-order valence-electron chi connectivity index (χ3n) is 3.52. The molecule has 1 N–H and O–H groups in total. The van der Waals surface area contributed by atoms with E-state index < -0.39 is 5.97 Å². The minimum absolute atomic E-state index is 0.216. The van der Waals surface area contributed by atoms with Crippen molar-refractivity contribution in [2.24, 2.45) is 5.92 Å². The van der Waals surface area contributed by atoms with Crippen LogP contribution in [0.15, 0.2) is 29.2 Å². The second kappa shape index (κ2) is 6.39. The summed E-state index contributed by atoms with van der Waals surface area (Å²) in [4.78, 5) is 14.2. The molecule has 1 aliphatic rings. The highest BCUT2D eigenvalue weighted by Gasteiger charge is 2.35. The van der Waals surface area contributed by atoms with Gasteiger partial charge in [-0.3, -0.25) is 9.69 Å². The fraction of sp³-hybridized carbons (Fsp3) is 0.500. The van der Waals surface area contributed by atoms with E-state index in [1.807, 2.05) is 11.8 Å². The lowest BCUT2D eigenvalue weighted by Gasteiger charge is -2.22. The van der Waals surface area contributed by atoms with Gasteiger partial charge < -0.3 is 5.11 Å². The zero-order valence-corrected chi connectivity index (χ0v) is 11.7. The van der Waals surface area contributed by atoms with E-state index in [1.54, 1.807) is 23.9 Å². The largest absolute Gasteiger partial charge is 0.480 e. The van der Waals surface area contributed by atoms with Crippen molar-refractivity contribution in [2.45, 2.75) is 24.3 Å². The Hall–Kier alpha value is -1.07. The number of carboxylic acids is 1. The number of hydrogen-bond donors (Lipinski definition) is 1. The van der Waals surface area contributed by atoms with Gasteiger partial charge in [0.05, 0.1) is 0 Å². The number of nitrogens with zero attached hydrogens (tertiary/aromatic N) is 1. The molecule has 0 radical (unpaired) electrons. The Morgan fingerprint density at radius 3 is 2.79 bits per heavy atom. The monoisotopic (exact) mass is 283 g/mol. The number of benzene rings is 1. The molecule has 0 aliphatic carbocycles. The molecule has 1 fully saturated rings. The van der Waals surface area contributed by atoms with Crippen LogP contribution in [0, 0.1) is 11.7 Å². The summed E-state index contributed by atoms with van der Waals surface area (Å²) in [6, 6.07) is 6.04. The van der Waals surface area contributed by atoms with Crippen LogP contribution in [0.5, 0.6) is 0 Å². The highest BCUT2D eigenvalue weighted by atomic mass is 32.2. The first-order valence-electron chi connectivity index (χ1n) is 6.43. The molecule has 0 saturated carbocycles. The van der Waals surface area contributed by atoms with Crippen LogP contribution in [0.2, 0.25) is 0 Å². The van der Waals surface area contributed by atoms with Crippen molar-refractivity contribution >= 4 is 17.7 Å². The van der Waals surface area contributed by atoms with E-state index in [1.165, 1.54) is 12.1 Å². The van der Waals surface area contributed by atoms with Gasteiger partial charge in [-0.2, -0.15) is 0 Å². The molecule has 1 aromatic carbocycles. The molecule has 2 rings (SSSR count). The Labute approximate surface area is 116 Å². The van der Waals surface area contributed by atoms with Crippen LogP contribution in [-0.4, -0.2) is 40.9 Å². The van der Waals surface area contributed by atoms with Crippen LogP contribution in [0.1, 0.15) is 13.3 Å². The van der Waals surface area contributed by atoms with E-state index in [0.717, 1.165) is 30.2 Å². The minimum Gasteiger partial charge on any atom is -0.480 e. The van der Waals surface area contributed by atoms with Crippen molar-refractivity contribution in [3.8, 4) is 0 Å². The molecule has 5 heteroatoms. The quantitative estimate of drug-likeness (QED) is 0.844. The van der Waals surface area contributed by atoms with E-state index in [4.69, 9.17) is 0 Å². The fourth-order valence-corrected chi connectivity index (χ4v) is 3.38. The molecule has 1 aromatic rings. The maximum Gasteiger partial charge on any atom is 0.321 e. The standard InChI is InChI=1S/C14H18FNO2S/c1-10-6-7-16(13(10)14(17)18)8-9-19-12-4-2-11(15)3-5-12/h2-5,10,13H,6-9H2,1H3,(H,17,18). The average molecular weight is 283 g/mol. The summed E-state index contributed by atoms with van der Waals surface area (Å²) >= 11 is 1.63. The van der Waals surface area contributed by atoms with Gasteiger partial charge in [-0.15, -0.1) is 11.8 Å².